The summed E-state index contributed by atoms with van der Waals surface area (Å²) in [5.74, 6) is 0.853. The molecule has 0 bridgehead atoms. The molecule has 2 aromatic carbocycles. The standard InChI is InChI=1S/C21H13BrClNO3S/c22-15-7-5-13(6-8-15)18-10-9-16(27-18)11-19-20(25)24(21(26)28-19)12-14-3-1-2-4-17(14)23/h1-11H,12H2/b19-11-. The summed E-state index contributed by atoms with van der Waals surface area (Å²) in [6.07, 6.45) is 1.60. The van der Waals surface area contributed by atoms with Crippen molar-refractivity contribution in [3.05, 3.63) is 86.4 Å². The number of amides is 2. The number of hydrogen-bond donors (Lipinski definition) is 0. The lowest BCUT2D eigenvalue weighted by Gasteiger charge is -2.13. The highest BCUT2D eigenvalue weighted by molar-refractivity contribution is 9.10. The van der Waals surface area contributed by atoms with E-state index in [9.17, 15) is 9.59 Å². The van der Waals surface area contributed by atoms with E-state index in [-0.39, 0.29) is 17.7 Å². The maximum atomic E-state index is 12.7. The van der Waals surface area contributed by atoms with Gasteiger partial charge in [-0.15, -0.1) is 0 Å². The zero-order valence-electron chi connectivity index (χ0n) is 14.4. The van der Waals surface area contributed by atoms with E-state index in [0.29, 0.717) is 21.4 Å². The molecule has 0 saturated carbocycles. The Kier molecular flexibility index (Phi) is 5.44. The molecule has 4 rings (SSSR count). The molecule has 0 radical (unpaired) electrons. The van der Waals surface area contributed by atoms with Gasteiger partial charge in [0, 0.05) is 21.1 Å². The van der Waals surface area contributed by atoms with E-state index in [0.717, 1.165) is 27.4 Å². The van der Waals surface area contributed by atoms with Crippen LogP contribution in [0.1, 0.15) is 11.3 Å². The summed E-state index contributed by atoms with van der Waals surface area (Å²) in [5, 5.41) is 0.201. The second-order valence-electron chi connectivity index (χ2n) is 6.07. The monoisotopic (exact) mass is 473 g/mol. The number of halogens is 2. The third kappa shape index (κ3) is 3.94. The van der Waals surface area contributed by atoms with Gasteiger partial charge in [-0.3, -0.25) is 14.5 Å². The quantitative estimate of drug-likeness (QED) is 0.400. The SMILES string of the molecule is O=C1S/C(=C\c2ccc(-c3ccc(Br)cc3)o2)C(=O)N1Cc1ccccc1Cl. The Morgan fingerprint density at radius 2 is 1.79 bits per heavy atom. The Bertz CT molecular complexity index is 1090. The Morgan fingerprint density at radius 1 is 1.04 bits per heavy atom. The molecule has 1 aromatic heterocycles. The molecule has 2 amide bonds. The van der Waals surface area contributed by atoms with E-state index in [1.807, 2.05) is 36.4 Å². The molecule has 0 atom stereocenters. The van der Waals surface area contributed by atoms with E-state index in [1.54, 1.807) is 30.3 Å². The van der Waals surface area contributed by atoms with Gasteiger partial charge >= 0.3 is 0 Å². The maximum Gasteiger partial charge on any atom is 0.293 e. The van der Waals surface area contributed by atoms with Gasteiger partial charge in [-0.2, -0.15) is 0 Å². The van der Waals surface area contributed by atoms with Crippen LogP contribution >= 0.6 is 39.3 Å². The fourth-order valence-electron chi connectivity index (χ4n) is 2.76. The topological polar surface area (TPSA) is 50.5 Å². The summed E-state index contributed by atoms with van der Waals surface area (Å²) in [6, 6.07) is 18.5. The van der Waals surface area contributed by atoms with E-state index in [4.69, 9.17) is 16.0 Å². The molecule has 3 aromatic rings. The molecule has 0 spiro atoms. The van der Waals surface area contributed by atoms with Crippen molar-refractivity contribution >= 4 is 56.5 Å². The molecule has 1 saturated heterocycles. The van der Waals surface area contributed by atoms with Gasteiger partial charge in [-0.1, -0.05) is 57.9 Å². The van der Waals surface area contributed by atoms with Gasteiger partial charge in [-0.05, 0) is 47.7 Å². The van der Waals surface area contributed by atoms with E-state index < -0.39 is 0 Å². The molecule has 0 N–H and O–H groups in total. The van der Waals surface area contributed by atoms with Gasteiger partial charge in [0.05, 0.1) is 11.4 Å². The molecular weight excluding hydrogens is 462 g/mol. The summed E-state index contributed by atoms with van der Waals surface area (Å²) >= 11 is 10.4. The largest absolute Gasteiger partial charge is 0.457 e. The van der Waals surface area contributed by atoms with Crippen LogP contribution in [0.5, 0.6) is 0 Å². The van der Waals surface area contributed by atoms with Crippen molar-refractivity contribution < 1.29 is 14.0 Å². The minimum absolute atomic E-state index is 0.143. The van der Waals surface area contributed by atoms with Crippen LogP contribution in [0, 0.1) is 0 Å². The summed E-state index contributed by atoms with van der Waals surface area (Å²) in [5.41, 5.74) is 1.65. The lowest BCUT2D eigenvalue weighted by molar-refractivity contribution is -0.123. The average Bonchev–Trinajstić information content (AvgIpc) is 3.24. The molecule has 0 unspecified atom stereocenters. The van der Waals surface area contributed by atoms with Crippen LogP contribution in [-0.2, 0) is 11.3 Å². The molecule has 7 heteroatoms. The number of nitrogens with zero attached hydrogens (tertiary/aromatic N) is 1. The second-order valence-corrected chi connectivity index (χ2v) is 8.38. The maximum absolute atomic E-state index is 12.7. The van der Waals surface area contributed by atoms with Gasteiger partial charge in [-0.25, -0.2) is 0 Å². The zero-order chi connectivity index (χ0) is 19.7. The normalized spacial score (nSPS) is 15.6. The number of imide groups is 1. The van der Waals surface area contributed by atoms with Crippen molar-refractivity contribution in [3.63, 3.8) is 0 Å². The van der Waals surface area contributed by atoms with Crippen LogP contribution in [0.2, 0.25) is 5.02 Å². The first-order chi connectivity index (χ1) is 13.5. The summed E-state index contributed by atoms with van der Waals surface area (Å²) < 4.78 is 6.80. The van der Waals surface area contributed by atoms with Crippen molar-refractivity contribution in [2.24, 2.45) is 0 Å². The van der Waals surface area contributed by atoms with Crippen molar-refractivity contribution in [2.45, 2.75) is 6.54 Å². The van der Waals surface area contributed by atoms with E-state index in [1.165, 1.54) is 4.90 Å². The number of carbonyl (C=O) groups excluding carboxylic acids is 2. The molecular formula is C21H13BrClNO3S. The van der Waals surface area contributed by atoms with Crippen LogP contribution in [0.4, 0.5) is 4.79 Å². The van der Waals surface area contributed by atoms with Crippen LogP contribution in [0.3, 0.4) is 0 Å². The average molecular weight is 475 g/mol. The zero-order valence-corrected chi connectivity index (χ0v) is 17.6. The minimum atomic E-state index is -0.350. The first kappa shape index (κ1) is 19.1. The van der Waals surface area contributed by atoms with Crippen LogP contribution in [-0.4, -0.2) is 16.0 Å². The summed E-state index contributed by atoms with van der Waals surface area (Å²) in [6.45, 7) is 0.143. The van der Waals surface area contributed by atoms with Gasteiger partial charge < -0.3 is 4.42 Å². The molecule has 0 aliphatic carbocycles. The van der Waals surface area contributed by atoms with Crippen molar-refractivity contribution in [3.8, 4) is 11.3 Å². The molecule has 4 nitrogen and oxygen atoms in total. The number of thioether (sulfide) groups is 1. The number of benzene rings is 2. The molecule has 1 aliphatic rings. The number of carbonyl (C=O) groups is 2. The Morgan fingerprint density at radius 3 is 2.54 bits per heavy atom. The predicted octanol–water partition coefficient (Wildman–Crippen LogP) is 6.60. The first-order valence-electron chi connectivity index (χ1n) is 8.36. The molecule has 28 heavy (non-hydrogen) atoms. The Labute approximate surface area is 179 Å². The van der Waals surface area contributed by atoms with Crippen LogP contribution in [0.15, 0.2) is 74.5 Å². The van der Waals surface area contributed by atoms with Crippen molar-refractivity contribution in [1.82, 2.24) is 4.90 Å². The molecule has 2 heterocycles. The Balaban J connectivity index is 1.54. The summed E-state index contributed by atoms with van der Waals surface area (Å²) in [4.78, 5) is 26.5. The lowest BCUT2D eigenvalue weighted by Crippen LogP contribution is -2.27. The van der Waals surface area contributed by atoms with Gasteiger partial charge in [0.25, 0.3) is 11.1 Å². The number of hydrogen-bond acceptors (Lipinski definition) is 4. The van der Waals surface area contributed by atoms with Gasteiger partial charge in [0.2, 0.25) is 0 Å². The third-order valence-corrected chi connectivity index (χ3v) is 5.99. The number of furan rings is 1. The van der Waals surface area contributed by atoms with Crippen LogP contribution < -0.4 is 0 Å². The highest BCUT2D eigenvalue weighted by Gasteiger charge is 2.35. The molecule has 1 fully saturated rings. The van der Waals surface area contributed by atoms with E-state index in [2.05, 4.69) is 15.9 Å². The minimum Gasteiger partial charge on any atom is -0.457 e. The van der Waals surface area contributed by atoms with Crippen LogP contribution in [0.25, 0.3) is 17.4 Å². The summed E-state index contributed by atoms with van der Waals surface area (Å²) in [7, 11) is 0. The smallest absolute Gasteiger partial charge is 0.293 e. The third-order valence-electron chi connectivity index (χ3n) is 4.19. The van der Waals surface area contributed by atoms with Gasteiger partial charge in [0.1, 0.15) is 11.5 Å². The fourth-order valence-corrected chi connectivity index (χ4v) is 4.04. The Hall–Kier alpha value is -2.28. The molecule has 1 aliphatic heterocycles. The van der Waals surface area contributed by atoms with E-state index >= 15 is 0 Å². The lowest BCUT2D eigenvalue weighted by atomic mass is 10.2. The fraction of sp³-hybridized carbons (Fsp3) is 0.0476. The molecule has 140 valence electrons. The first-order valence-corrected chi connectivity index (χ1v) is 10.3. The van der Waals surface area contributed by atoms with Crippen molar-refractivity contribution in [2.75, 3.05) is 0 Å². The highest BCUT2D eigenvalue weighted by Crippen LogP contribution is 2.35. The second kappa shape index (κ2) is 7.99. The van der Waals surface area contributed by atoms with Gasteiger partial charge in [0.15, 0.2) is 0 Å². The van der Waals surface area contributed by atoms with Crippen molar-refractivity contribution in [1.29, 1.82) is 0 Å². The number of rotatable bonds is 4. The predicted molar refractivity (Wildman–Crippen MR) is 115 cm³/mol. The highest BCUT2D eigenvalue weighted by atomic mass is 79.9.